The molecule has 5 nitrogen and oxygen atoms in total. The van der Waals surface area contributed by atoms with Crippen molar-refractivity contribution in [3.8, 4) is 0 Å². The minimum absolute atomic E-state index is 0.152. The molecule has 0 saturated carbocycles. The van der Waals surface area contributed by atoms with Crippen LogP contribution in [0.1, 0.15) is 58.9 Å². The van der Waals surface area contributed by atoms with Crippen LogP contribution in [-0.4, -0.2) is 32.3 Å². The maximum Gasteiger partial charge on any atom is 0.407 e. The van der Waals surface area contributed by atoms with Gasteiger partial charge in [-0.2, -0.15) is 0 Å². The number of ether oxygens (including phenoxy) is 2. The highest BCUT2D eigenvalue weighted by molar-refractivity contribution is 5.79. The van der Waals surface area contributed by atoms with Crippen LogP contribution in [0.5, 0.6) is 0 Å². The zero-order valence-electron chi connectivity index (χ0n) is 15.9. The Labute approximate surface area is 146 Å². The minimum Gasteiger partial charge on any atom is -0.468 e. The Hall–Kier alpha value is -2.04. The second kappa shape index (κ2) is 17.3. The van der Waals surface area contributed by atoms with Gasteiger partial charge in [-0.25, -0.2) is 4.79 Å². The van der Waals surface area contributed by atoms with Gasteiger partial charge in [-0.1, -0.05) is 71.4 Å². The average Bonchev–Trinajstić information content (AvgIpc) is 2.63. The Morgan fingerprint density at radius 3 is 2.08 bits per heavy atom. The number of carbonyl (C=O) groups excluding carboxylic acids is 2. The fourth-order valence-electron chi connectivity index (χ4n) is 1.60. The van der Waals surface area contributed by atoms with Gasteiger partial charge in [0.15, 0.2) is 0 Å². The highest BCUT2D eigenvalue weighted by atomic mass is 16.5. The number of hydrogen-bond acceptors (Lipinski definition) is 4. The van der Waals surface area contributed by atoms with Crippen molar-refractivity contribution in [1.82, 2.24) is 5.32 Å². The smallest absolute Gasteiger partial charge is 0.407 e. The number of rotatable bonds is 6. The molecule has 0 aliphatic heterocycles. The first-order valence-electron chi connectivity index (χ1n) is 8.63. The van der Waals surface area contributed by atoms with Crippen LogP contribution in [0, 0.1) is 0 Å². The van der Waals surface area contributed by atoms with Gasteiger partial charge in [-0.15, -0.1) is 0 Å². The molecule has 1 unspecified atom stereocenters. The Morgan fingerprint density at radius 2 is 1.62 bits per heavy atom. The summed E-state index contributed by atoms with van der Waals surface area (Å²) in [5.74, 6) is -0.914. The standard InChI is InChI=1S/C14H19NO4.C3H8.C2H6/c1-3-9-19-14(17)15-10-12(13(16)18-2)11-7-5-4-6-8-11;1-3-2;1-2/h4-8,12H,3,9-10H2,1-2H3,(H,15,17);3H2,1-2H3;1-2H3. The highest BCUT2D eigenvalue weighted by Gasteiger charge is 2.22. The molecule has 0 spiro atoms. The van der Waals surface area contributed by atoms with E-state index >= 15 is 0 Å². The van der Waals surface area contributed by atoms with Crippen molar-refractivity contribution in [1.29, 1.82) is 0 Å². The van der Waals surface area contributed by atoms with Crippen molar-refractivity contribution < 1.29 is 19.1 Å². The Morgan fingerprint density at radius 1 is 1.08 bits per heavy atom. The van der Waals surface area contributed by atoms with Gasteiger partial charge < -0.3 is 14.8 Å². The minimum atomic E-state index is -0.527. The predicted octanol–water partition coefficient (Wildman–Crippen LogP) is 4.52. The van der Waals surface area contributed by atoms with Crippen molar-refractivity contribution in [2.75, 3.05) is 20.3 Å². The third-order valence-electron chi connectivity index (χ3n) is 2.58. The molecule has 1 N–H and O–H groups in total. The first-order chi connectivity index (χ1) is 11.6. The van der Waals surface area contributed by atoms with Crippen LogP contribution in [0.2, 0.25) is 0 Å². The monoisotopic (exact) mass is 339 g/mol. The summed E-state index contributed by atoms with van der Waals surface area (Å²) >= 11 is 0. The summed E-state index contributed by atoms with van der Waals surface area (Å²) in [6.45, 7) is 10.7. The van der Waals surface area contributed by atoms with E-state index in [1.165, 1.54) is 13.5 Å². The van der Waals surface area contributed by atoms with Crippen molar-refractivity contribution in [3.63, 3.8) is 0 Å². The molecule has 0 radical (unpaired) electrons. The summed E-state index contributed by atoms with van der Waals surface area (Å²) in [4.78, 5) is 23.1. The molecule has 0 aromatic heterocycles. The molecule has 0 heterocycles. The molecule has 5 heteroatoms. The van der Waals surface area contributed by atoms with Gasteiger partial charge in [0.05, 0.1) is 19.6 Å². The van der Waals surface area contributed by atoms with Crippen molar-refractivity contribution >= 4 is 12.1 Å². The lowest BCUT2D eigenvalue weighted by molar-refractivity contribution is -0.142. The lowest BCUT2D eigenvalue weighted by Crippen LogP contribution is -2.32. The zero-order valence-corrected chi connectivity index (χ0v) is 15.9. The molecule has 1 aromatic rings. The predicted molar refractivity (Wildman–Crippen MR) is 98.2 cm³/mol. The topological polar surface area (TPSA) is 64.6 Å². The molecular weight excluding hydrogens is 306 g/mol. The second-order valence-corrected chi connectivity index (χ2v) is 4.71. The molecule has 1 atom stereocenters. The van der Waals surface area contributed by atoms with Gasteiger partial charge in [0.2, 0.25) is 0 Å². The second-order valence-electron chi connectivity index (χ2n) is 4.71. The molecule has 1 aromatic carbocycles. The van der Waals surface area contributed by atoms with Crippen molar-refractivity contribution in [3.05, 3.63) is 35.9 Å². The van der Waals surface area contributed by atoms with E-state index in [0.717, 1.165) is 12.0 Å². The quantitative estimate of drug-likeness (QED) is 0.774. The SMILES string of the molecule is CC.CCC.CCCOC(=O)NCC(C(=O)OC)c1ccccc1. The van der Waals surface area contributed by atoms with Crippen LogP contribution >= 0.6 is 0 Å². The van der Waals surface area contributed by atoms with E-state index in [0.29, 0.717) is 6.61 Å². The lowest BCUT2D eigenvalue weighted by Gasteiger charge is -2.15. The van der Waals surface area contributed by atoms with Crippen LogP contribution in [0.4, 0.5) is 4.79 Å². The lowest BCUT2D eigenvalue weighted by atomic mass is 9.99. The first kappa shape index (κ1) is 24.2. The summed E-state index contributed by atoms with van der Waals surface area (Å²) < 4.78 is 9.64. The van der Waals surface area contributed by atoms with E-state index in [1.54, 1.807) is 0 Å². The van der Waals surface area contributed by atoms with Crippen LogP contribution < -0.4 is 5.32 Å². The average molecular weight is 339 g/mol. The molecule has 0 aliphatic rings. The van der Waals surface area contributed by atoms with Crippen molar-refractivity contribution in [2.24, 2.45) is 0 Å². The number of methoxy groups -OCH3 is 1. The molecule has 1 amide bonds. The van der Waals surface area contributed by atoms with E-state index < -0.39 is 12.0 Å². The summed E-state index contributed by atoms with van der Waals surface area (Å²) in [5, 5.41) is 2.57. The molecule has 1 rings (SSSR count). The van der Waals surface area contributed by atoms with Crippen LogP contribution in [-0.2, 0) is 14.3 Å². The van der Waals surface area contributed by atoms with Gasteiger partial charge in [0.25, 0.3) is 0 Å². The molecular formula is C19H33NO4. The maximum atomic E-state index is 11.7. The Bertz CT molecular complexity index is 421. The van der Waals surface area contributed by atoms with E-state index in [9.17, 15) is 9.59 Å². The van der Waals surface area contributed by atoms with E-state index in [2.05, 4.69) is 19.2 Å². The van der Waals surface area contributed by atoms with Gasteiger partial charge >= 0.3 is 12.1 Å². The van der Waals surface area contributed by atoms with E-state index in [-0.39, 0.29) is 12.5 Å². The summed E-state index contributed by atoms with van der Waals surface area (Å²) in [5.41, 5.74) is 0.796. The highest BCUT2D eigenvalue weighted by Crippen LogP contribution is 2.16. The Balaban J connectivity index is 0. The number of hydrogen-bond donors (Lipinski definition) is 1. The molecule has 0 bridgehead atoms. The summed E-state index contributed by atoms with van der Waals surface area (Å²) in [6, 6.07) is 9.17. The number of carbonyl (C=O) groups is 2. The maximum absolute atomic E-state index is 11.7. The zero-order chi connectivity index (χ0) is 18.8. The Kier molecular flexibility index (Phi) is 17.5. The fraction of sp³-hybridized carbons (Fsp3) is 0.579. The van der Waals surface area contributed by atoms with E-state index in [1.807, 2.05) is 51.1 Å². The molecule has 24 heavy (non-hydrogen) atoms. The third kappa shape index (κ3) is 11.5. The van der Waals surface area contributed by atoms with Gasteiger partial charge in [0.1, 0.15) is 0 Å². The van der Waals surface area contributed by atoms with Crippen LogP contribution in [0.15, 0.2) is 30.3 Å². The summed E-state index contributed by atoms with van der Waals surface area (Å²) in [7, 11) is 1.33. The van der Waals surface area contributed by atoms with Gasteiger partial charge in [-0.05, 0) is 12.0 Å². The van der Waals surface area contributed by atoms with Crippen LogP contribution in [0.3, 0.4) is 0 Å². The normalized spacial score (nSPS) is 10.1. The van der Waals surface area contributed by atoms with E-state index in [4.69, 9.17) is 9.47 Å². The number of nitrogens with one attached hydrogen (secondary N) is 1. The molecule has 0 aliphatic carbocycles. The number of esters is 1. The largest absolute Gasteiger partial charge is 0.468 e. The first-order valence-corrected chi connectivity index (χ1v) is 8.63. The van der Waals surface area contributed by atoms with Crippen molar-refractivity contribution in [2.45, 2.75) is 53.4 Å². The number of benzene rings is 1. The third-order valence-corrected chi connectivity index (χ3v) is 2.58. The fourth-order valence-corrected chi connectivity index (χ4v) is 1.60. The molecule has 0 fully saturated rings. The van der Waals surface area contributed by atoms with Crippen LogP contribution in [0.25, 0.3) is 0 Å². The molecule has 0 saturated heterocycles. The van der Waals surface area contributed by atoms with Gasteiger partial charge in [-0.3, -0.25) is 4.79 Å². The number of alkyl carbamates (subject to hydrolysis) is 1. The summed E-state index contributed by atoms with van der Waals surface area (Å²) in [6.07, 6.45) is 1.48. The van der Waals surface area contributed by atoms with Gasteiger partial charge in [0, 0.05) is 6.54 Å². The number of amides is 1. The molecule has 138 valence electrons.